The molecule has 1 atom stereocenters. The molecule has 2 aliphatic heterocycles. The number of aromatic nitrogens is 1. The summed E-state index contributed by atoms with van der Waals surface area (Å²) in [5.41, 5.74) is 5.22. The fraction of sp³-hybridized carbons (Fsp3) is 0.500. The summed E-state index contributed by atoms with van der Waals surface area (Å²) < 4.78 is 0. The van der Waals surface area contributed by atoms with Crippen LogP contribution < -0.4 is 5.32 Å². The van der Waals surface area contributed by atoms with Crippen LogP contribution in [-0.2, 0) is 19.4 Å². The molecule has 2 aliphatic rings. The van der Waals surface area contributed by atoms with Gasteiger partial charge in [-0.15, -0.1) is 0 Å². The van der Waals surface area contributed by atoms with Crippen molar-refractivity contribution >= 4 is 5.91 Å². The molecule has 1 aromatic heterocycles. The molecule has 0 unspecified atom stereocenters. The number of nitrogens with zero attached hydrogens (tertiary/aromatic N) is 3. The largest absolute Gasteiger partial charge is 0.390 e. The second-order valence-corrected chi connectivity index (χ2v) is 8.90. The lowest BCUT2D eigenvalue weighted by molar-refractivity contribution is 0.0841. The number of aryl methyl sites for hydroxylation is 1. The van der Waals surface area contributed by atoms with Gasteiger partial charge in [-0.2, -0.15) is 0 Å². The second-order valence-electron chi connectivity index (χ2n) is 8.90. The Kier molecular flexibility index (Phi) is 6.46. The Morgan fingerprint density at radius 3 is 2.83 bits per heavy atom. The zero-order valence-electron chi connectivity index (χ0n) is 18.0. The Morgan fingerprint density at radius 1 is 1.30 bits per heavy atom. The maximum atomic E-state index is 12.7. The van der Waals surface area contributed by atoms with Crippen LogP contribution in [0.3, 0.4) is 0 Å². The first-order valence-electron chi connectivity index (χ1n) is 10.9. The van der Waals surface area contributed by atoms with Crippen molar-refractivity contribution in [2.75, 3.05) is 39.8 Å². The Hall–Kier alpha value is -2.28. The van der Waals surface area contributed by atoms with Crippen molar-refractivity contribution in [3.05, 3.63) is 64.5 Å². The molecule has 2 N–H and O–H groups in total. The highest BCUT2D eigenvalue weighted by Crippen LogP contribution is 2.20. The molecule has 1 aromatic carbocycles. The molecule has 0 radical (unpaired) electrons. The molecule has 1 saturated heterocycles. The van der Waals surface area contributed by atoms with E-state index in [-0.39, 0.29) is 12.5 Å². The van der Waals surface area contributed by atoms with Crippen molar-refractivity contribution in [3.63, 3.8) is 0 Å². The van der Waals surface area contributed by atoms with Crippen molar-refractivity contribution < 1.29 is 9.90 Å². The monoisotopic (exact) mass is 408 g/mol. The molecule has 1 amide bonds. The highest BCUT2D eigenvalue weighted by molar-refractivity contribution is 5.95. The average molecular weight is 409 g/mol. The van der Waals surface area contributed by atoms with E-state index in [2.05, 4.69) is 51.4 Å². The van der Waals surface area contributed by atoms with Crippen molar-refractivity contribution in [1.82, 2.24) is 20.1 Å². The molecule has 6 heteroatoms. The van der Waals surface area contributed by atoms with Gasteiger partial charge in [0, 0.05) is 56.7 Å². The van der Waals surface area contributed by atoms with Crippen molar-refractivity contribution in [1.29, 1.82) is 0 Å². The Balaban J connectivity index is 1.28. The fourth-order valence-electron chi connectivity index (χ4n) is 4.55. The molecule has 4 rings (SSSR count). The third-order valence-electron chi connectivity index (χ3n) is 6.22. The Labute approximate surface area is 178 Å². The van der Waals surface area contributed by atoms with Gasteiger partial charge in [0.15, 0.2) is 0 Å². The number of likely N-dealkylation sites (tertiary alicyclic amines) is 1. The van der Waals surface area contributed by atoms with Gasteiger partial charge in [0.25, 0.3) is 5.91 Å². The molecule has 0 saturated carbocycles. The van der Waals surface area contributed by atoms with Crippen LogP contribution in [0.1, 0.15) is 32.7 Å². The van der Waals surface area contributed by atoms with E-state index in [1.165, 1.54) is 11.1 Å². The summed E-state index contributed by atoms with van der Waals surface area (Å²) in [5.74, 6) is 0.488. The SMILES string of the molecule is Cc1cnc(CC2CN(C)C2)cc1C(=O)NC[C@H](O)CN1CCc2ccccc2C1. The van der Waals surface area contributed by atoms with Gasteiger partial charge in [-0.1, -0.05) is 24.3 Å². The molecule has 2 aromatic rings. The number of aliphatic hydroxyl groups excluding tert-OH is 1. The third kappa shape index (κ3) is 5.06. The van der Waals surface area contributed by atoms with E-state index in [0.717, 1.165) is 50.3 Å². The molecular formula is C24H32N4O2. The van der Waals surface area contributed by atoms with E-state index >= 15 is 0 Å². The van der Waals surface area contributed by atoms with E-state index in [1.807, 2.05) is 13.0 Å². The highest BCUT2D eigenvalue weighted by Gasteiger charge is 2.24. The third-order valence-corrected chi connectivity index (χ3v) is 6.22. The van der Waals surface area contributed by atoms with E-state index in [1.54, 1.807) is 6.20 Å². The van der Waals surface area contributed by atoms with Crippen LogP contribution >= 0.6 is 0 Å². The summed E-state index contributed by atoms with van der Waals surface area (Å²) in [6, 6.07) is 10.4. The quantitative estimate of drug-likeness (QED) is 0.729. The fourth-order valence-corrected chi connectivity index (χ4v) is 4.55. The number of β-amino-alcohol motifs (C(OH)–C–C–N with tert-alkyl or cyclic N) is 1. The minimum atomic E-state index is -0.591. The van der Waals surface area contributed by atoms with Gasteiger partial charge in [-0.25, -0.2) is 0 Å². The number of hydrogen-bond acceptors (Lipinski definition) is 5. The van der Waals surface area contributed by atoms with E-state index < -0.39 is 6.10 Å². The van der Waals surface area contributed by atoms with Gasteiger partial charge in [0.1, 0.15) is 0 Å². The molecular weight excluding hydrogens is 376 g/mol. The maximum Gasteiger partial charge on any atom is 0.251 e. The number of nitrogens with one attached hydrogen (secondary N) is 1. The van der Waals surface area contributed by atoms with Crippen LogP contribution in [0.4, 0.5) is 0 Å². The lowest BCUT2D eigenvalue weighted by Crippen LogP contribution is -2.44. The minimum absolute atomic E-state index is 0.134. The van der Waals surface area contributed by atoms with E-state index in [0.29, 0.717) is 18.0 Å². The lowest BCUT2D eigenvalue weighted by Gasteiger charge is -2.36. The summed E-state index contributed by atoms with van der Waals surface area (Å²) in [4.78, 5) is 21.8. The number of amides is 1. The van der Waals surface area contributed by atoms with E-state index in [4.69, 9.17) is 0 Å². The predicted molar refractivity (Wildman–Crippen MR) is 117 cm³/mol. The topological polar surface area (TPSA) is 68.7 Å². The average Bonchev–Trinajstić information content (AvgIpc) is 2.72. The maximum absolute atomic E-state index is 12.7. The van der Waals surface area contributed by atoms with Crippen LogP contribution in [-0.4, -0.2) is 71.7 Å². The molecule has 30 heavy (non-hydrogen) atoms. The van der Waals surface area contributed by atoms with Gasteiger partial charge < -0.3 is 15.3 Å². The number of benzene rings is 1. The van der Waals surface area contributed by atoms with Crippen LogP contribution in [0.15, 0.2) is 36.5 Å². The van der Waals surface area contributed by atoms with Gasteiger partial charge in [-0.3, -0.25) is 14.7 Å². The van der Waals surface area contributed by atoms with Crippen LogP contribution in [0, 0.1) is 12.8 Å². The standard InChI is InChI=1S/C24H32N4O2/c1-17-11-25-21(9-18-13-27(2)14-18)10-23(17)24(30)26-12-22(29)16-28-8-7-19-5-3-4-6-20(19)15-28/h3-6,10-11,18,22,29H,7-9,12-16H2,1-2H3,(H,26,30)/t22-/m0/s1. The first-order chi connectivity index (χ1) is 14.5. The summed E-state index contributed by atoms with van der Waals surface area (Å²) in [5, 5.41) is 13.4. The van der Waals surface area contributed by atoms with Gasteiger partial charge in [0.2, 0.25) is 0 Å². The first kappa shape index (κ1) is 21.0. The predicted octanol–water partition coefficient (Wildman–Crippen LogP) is 1.64. The number of carbonyl (C=O) groups is 1. The summed E-state index contributed by atoms with van der Waals surface area (Å²) in [6.07, 6.45) is 3.11. The summed E-state index contributed by atoms with van der Waals surface area (Å²) >= 11 is 0. The normalized spacial score (nSPS) is 18.5. The number of fused-ring (bicyclic) bond motifs is 1. The van der Waals surface area contributed by atoms with Crippen LogP contribution in [0.25, 0.3) is 0 Å². The number of carbonyl (C=O) groups excluding carboxylic acids is 1. The minimum Gasteiger partial charge on any atom is -0.390 e. The zero-order chi connectivity index (χ0) is 21.1. The van der Waals surface area contributed by atoms with Gasteiger partial charge >= 0.3 is 0 Å². The molecule has 0 aliphatic carbocycles. The molecule has 6 nitrogen and oxygen atoms in total. The van der Waals surface area contributed by atoms with Crippen molar-refractivity contribution in [2.24, 2.45) is 5.92 Å². The summed E-state index contributed by atoms with van der Waals surface area (Å²) in [6.45, 7) is 6.68. The molecule has 0 bridgehead atoms. The van der Waals surface area contributed by atoms with E-state index in [9.17, 15) is 9.90 Å². The number of rotatable bonds is 7. The van der Waals surface area contributed by atoms with Crippen molar-refractivity contribution in [3.8, 4) is 0 Å². The second kappa shape index (κ2) is 9.25. The molecule has 160 valence electrons. The smallest absolute Gasteiger partial charge is 0.251 e. The molecule has 1 fully saturated rings. The Morgan fingerprint density at radius 2 is 2.07 bits per heavy atom. The van der Waals surface area contributed by atoms with Gasteiger partial charge in [0.05, 0.1) is 6.10 Å². The Bertz CT molecular complexity index is 895. The number of aliphatic hydroxyl groups is 1. The van der Waals surface area contributed by atoms with Crippen LogP contribution in [0.5, 0.6) is 0 Å². The lowest BCUT2D eigenvalue weighted by atomic mass is 9.94. The van der Waals surface area contributed by atoms with Gasteiger partial charge in [-0.05, 0) is 55.5 Å². The van der Waals surface area contributed by atoms with Crippen LogP contribution in [0.2, 0.25) is 0 Å². The van der Waals surface area contributed by atoms with Crippen molar-refractivity contribution in [2.45, 2.75) is 32.4 Å². The zero-order valence-corrected chi connectivity index (χ0v) is 18.0. The summed E-state index contributed by atoms with van der Waals surface area (Å²) in [7, 11) is 2.12. The first-order valence-corrected chi connectivity index (χ1v) is 10.9. The highest BCUT2D eigenvalue weighted by atomic mass is 16.3. The number of hydrogen-bond donors (Lipinski definition) is 2. The molecule has 0 spiro atoms. The molecule has 3 heterocycles. The number of pyridine rings is 1.